The molecule has 0 spiro atoms. The van der Waals surface area contributed by atoms with E-state index in [2.05, 4.69) is 26.2 Å². The number of hydrogen-bond acceptors (Lipinski definition) is 5. The number of aromatic nitrogens is 4. The number of para-hydroxylation sites is 1. The maximum atomic E-state index is 13.7. The molecule has 0 saturated heterocycles. The molecule has 0 unspecified atom stereocenters. The summed E-state index contributed by atoms with van der Waals surface area (Å²) in [6.45, 7) is 0.550. The van der Waals surface area contributed by atoms with Crippen molar-refractivity contribution in [3.8, 4) is 5.69 Å². The highest BCUT2D eigenvalue weighted by Gasteiger charge is 2.09. The fourth-order valence-corrected chi connectivity index (χ4v) is 2.93. The topological polar surface area (TPSA) is 84.7 Å². The van der Waals surface area contributed by atoms with Crippen molar-refractivity contribution in [1.82, 2.24) is 25.5 Å². The van der Waals surface area contributed by atoms with Crippen LogP contribution in [0.25, 0.3) is 5.69 Å². The van der Waals surface area contributed by atoms with E-state index >= 15 is 0 Å². The molecule has 0 radical (unpaired) electrons. The van der Waals surface area contributed by atoms with Gasteiger partial charge in [0.2, 0.25) is 0 Å². The fourth-order valence-electron chi connectivity index (χ4n) is 2.93. The van der Waals surface area contributed by atoms with Crippen LogP contribution in [0.4, 0.5) is 10.1 Å². The van der Waals surface area contributed by atoms with Crippen LogP contribution in [0.1, 0.15) is 21.7 Å². The number of carbonyl (C=O) groups is 1. The van der Waals surface area contributed by atoms with Crippen LogP contribution in [0, 0.1) is 5.82 Å². The molecule has 1 aromatic heterocycles. The minimum Gasteiger partial charge on any atom is -0.378 e. The lowest BCUT2D eigenvalue weighted by Crippen LogP contribution is -2.23. The summed E-state index contributed by atoms with van der Waals surface area (Å²) in [7, 11) is 0. The molecule has 30 heavy (non-hydrogen) atoms. The standard InChI is InChI=1S/C22H19FN6O/c23-20-9-5-4-6-17(20)14-25-22(30)16-10-12-18(13-11-16)24-15-21-26-27-28-29(21)19-7-2-1-3-8-19/h1-13,24H,14-15H2,(H,25,30). The first kappa shape index (κ1) is 19.3. The Kier molecular flexibility index (Phi) is 5.75. The molecule has 2 N–H and O–H groups in total. The van der Waals surface area contributed by atoms with Gasteiger partial charge >= 0.3 is 0 Å². The number of tetrazole rings is 1. The zero-order valence-corrected chi connectivity index (χ0v) is 16.0. The van der Waals surface area contributed by atoms with Gasteiger partial charge in [-0.3, -0.25) is 4.79 Å². The van der Waals surface area contributed by atoms with Crippen molar-refractivity contribution in [3.63, 3.8) is 0 Å². The van der Waals surface area contributed by atoms with Gasteiger partial charge in [-0.05, 0) is 52.9 Å². The van der Waals surface area contributed by atoms with Crippen molar-refractivity contribution in [2.45, 2.75) is 13.1 Å². The molecule has 0 fully saturated rings. The number of nitrogens with one attached hydrogen (secondary N) is 2. The van der Waals surface area contributed by atoms with Crippen LogP contribution >= 0.6 is 0 Å². The predicted octanol–water partition coefficient (Wildman–Crippen LogP) is 3.34. The van der Waals surface area contributed by atoms with Crippen LogP contribution in [-0.4, -0.2) is 26.1 Å². The summed E-state index contributed by atoms with van der Waals surface area (Å²) in [5.41, 5.74) is 2.63. The highest BCUT2D eigenvalue weighted by atomic mass is 19.1. The second-order valence-electron chi connectivity index (χ2n) is 6.55. The maximum Gasteiger partial charge on any atom is 0.251 e. The van der Waals surface area contributed by atoms with Crippen molar-refractivity contribution < 1.29 is 9.18 Å². The lowest BCUT2D eigenvalue weighted by Gasteiger charge is -2.09. The first-order chi connectivity index (χ1) is 14.7. The monoisotopic (exact) mass is 402 g/mol. The minimum absolute atomic E-state index is 0.133. The zero-order valence-electron chi connectivity index (χ0n) is 16.0. The Morgan fingerprint density at radius 1 is 0.900 bits per heavy atom. The van der Waals surface area contributed by atoms with Gasteiger partial charge in [0.15, 0.2) is 5.82 Å². The quantitative estimate of drug-likeness (QED) is 0.495. The lowest BCUT2D eigenvalue weighted by molar-refractivity contribution is 0.0950. The van der Waals surface area contributed by atoms with Crippen LogP contribution in [0.5, 0.6) is 0 Å². The van der Waals surface area contributed by atoms with Crippen LogP contribution in [0.3, 0.4) is 0 Å². The molecule has 1 amide bonds. The molecule has 0 aliphatic heterocycles. The van der Waals surface area contributed by atoms with Gasteiger partial charge in [0.1, 0.15) is 5.82 Å². The molecule has 0 aliphatic carbocycles. The summed E-state index contributed by atoms with van der Waals surface area (Å²) in [5.74, 6) is 0.0564. The number of nitrogens with zero attached hydrogens (tertiary/aromatic N) is 4. The Hall–Kier alpha value is -4.07. The number of halogens is 1. The van der Waals surface area contributed by atoms with Gasteiger partial charge in [-0.2, -0.15) is 4.68 Å². The van der Waals surface area contributed by atoms with Crippen molar-refractivity contribution in [3.05, 3.63) is 102 Å². The van der Waals surface area contributed by atoms with Crippen LogP contribution in [0.15, 0.2) is 78.9 Å². The Labute approximate surface area is 172 Å². The van der Waals surface area contributed by atoms with E-state index in [1.165, 1.54) is 6.07 Å². The number of hydrogen-bond donors (Lipinski definition) is 2. The van der Waals surface area contributed by atoms with E-state index in [9.17, 15) is 9.18 Å². The molecule has 7 nitrogen and oxygen atoms in total. The third kappa shape index (κ3) is 4.49. The van der Waals surface area contributed by atoms with Crippen molar-refractivity contribution in [2.75, 3.05) is 5.32 Å². The van der Waals surface area contributed by atoms with Crippen LogP contribution in [0.2, 0.25) is 0 Å². The molecule has 0 bridgehead atoms. The van der Waals surface area contributed by atoms with E-state index in [1.54, 1.807) is 47.1 Å². The van der Waals surface area contributed by atoms with Crippen LogP contribution in [-0.2, 0) is 13.1 Å². The Morgan fingerprint density at radius 2 is 1.63 bits per heavy atom. The lowest BCUT2D eigenvalue weighted by atomic mass is 10.1. The van der Waals surface area contributed by atoms with Crippen molar-refractivity contribution >= 4 is 11.6 Å². The summed E-state index contributed by atoms with van der Waals surface area (Å²) >= 11 is 0. The maximum absolute atomic E-state index is 13.7. The molecule has 3 aromatic carbocycles. The summed E-state index contributed by atoms with van der Waals surface area (Å²) in [6, 6.07) is 23.0. The molecule has 4 rings (SSSR count). The normalized spacial score (nSPS) is 10.6. The summed E-state index contributed by atoms with van der Waals surface area (Å²) in [5, 5.41) is 17.8. The largest absolute Gasteiger partial charge is 0.378 e. The first-order valence-corrected chi connectivity index (χ1v) is 9.39. The average molecular weight is 402 g/mol. The van der Waals surface area contributed by atoms with Gasteiger partial charge in [0.25, 0.3) is 5.91 Å². The molecule has 1 heterocycles. The molecule has 150 valence electrons. The van der Waals surface area contributed by atoms with Gasteiger partial charge in [0.05, 0.1) is 12.2 Å². The van der Waals surface area contributed by atoms with E-state index in [4.69, 9.17) is 0 Å². The molecule has 8 heteroatoms. The molecule has 4 aromatic rings. The highest BCUT2D eigenvalue weighted by Crippen LogP contribution is 2.13. The summed E-state index contributed by atoms with van der Waals surface area (Å²) in [6.07, 6.45) is 0. The second kappa shape index (κ2) is 8.95. The second-order valence-corrected chi connectivity index (χ2v) is 6.55. The van der Waals surface area contributed by atoms with E-state index in [0.717, 1.165) is 11.4 Å². The minimum atomic E-state index is -0.338. The third-order valence-electron chi connectivity index (χ3n) is 4.53. The Morgan fingerprint density at radius 3 is 2.40 bits per heavy atom. The van der Waals surface area contributed by atoms with E-state index in [0.29, 0.717) is 23.5 Å². The average Bonchev–Trinajstić information content (AvgIpc) is 3.26. The Bertz CT molecular complexity index is 1130. The molecule has 0 atom stereocenters. The Balaban J connectivity index is 1.35. The van der Waals surface area contributed by atoms with Crippen molar-refractivity contribution in [2.24, 2.45) is 0 Å². The van der Waals surface area contributed by atoms with E-state index < -0.39 is 0 Å². The number of rotatable bonds is 7. The van der Waals surface area contributed by atoms with Gasteiger partial charge < -0.3 is 10.6 Å². The van der Waals surface area contributed by atoms with Gasteiger partial charge in [0, 0.05) is 23.4 Å². The molecule has 0 saturated carbocycles. The number of anilines is 1. The van der Waals surface area contributed by atoms with E-state index in [1.807, 2.05) is 30.3 Å². The zero-order chi connectivity index (χ0) is 20.8. The molecular weight excluding hydrogens is 383 g/mol. The molecule has 0 aliphatic rings. The van der Waals surface area contributed by atoms with Gasteiger partial charge in [-0.1, -0.05) is 36.4 Å². The summed E-state index contributed by atoms with van der Waals surface area (Å²) < 4.78 is 15.3. The number of amides is 1. The fraction of sp³-hybridized carbons (Fsp3) is 0.0909. The number of benzene rings is 3. The van der Waals surface area contributed by atoms with E-state index in [-0.39, 0.29) is 18.3 Å². The SMILES string of the molecule is O=C(NCc1ccccc1F)c1ccc(NCc2nnnn2-c2ccccc2)cc1. The van der Waals surface area contributed by atoms with Gasteiger partial charge in [-0.25, -0.2) is 4.39 Å². The first-order valence-electron chi connectivity index (χ1n) is 9.39. The summed E-state index contributed by atoms with van der Waals surface area (Å²) in [4.78, 5) is 12.3. The predicted molar refractivity (Wildman–Crippen MR) is 110 cm³/mol. The smallest absolute Gasteiger partial charge is 0.251 e. The van der Waals surface area contributed by atoms with Crippen molar-refractivity contribution in [1.29, 1.82) is 0 Å². The number of carbonyl (C=O) groups excluding carboxylic acids is 1. The molecular formula is C22H19FN6O. The van der Waals surface area contributed by atoms with Gasteiger partial charge in [-0.15, -0.1) is 5.10 Å². The third-order valence-corrected chi connectivity index (χ3v) is 4.53. The highest BCUT2D eigenvalue weighted by molar-refractivity contribution is 5.94. The van der Waals surface area contributed by atoms with Crippen LogP contribution < -0.4 is 10.6 Å².